The van der Waals surface area contributed by atoms with Crippen molar-refractivity contribution < 1.29 is 0 Å². The molecule has 0 aliphatic heterocycles. The van der Waals surface area contributed by atoms with Gasteiger partial charge in [-0.1, -0.05) is 0 Å². The molecule has 0 saturated carbocycles. The van der Waals surface area contributed by atoms with Crippen LogP contribution in [0, 0.1) is 0 Å². The minimum absolute atomic E-state index is 0.901. The third-order valence-electron chi connectivity index (χ3n) is 4.21. The average molecular weight is 320 g/mol. The van der Waals surface area contributed by atoms with Gasteiger partial charge in [0.25, 0.3) is 0 Å². The molecule has 6 heteroatoms. The van der Waals surface area contributed by atoms with Crippen molar-refractivity contribution in [3.8, 4) is 0 Å². The Hall–Kier alpha value is -2.73. The van der Waals surface area contributed by atoms with Gasteiger partial charge in [-0.25, -0.2) is 4.98 Å². The Morgan fingerprint density at radius 1 is 1.08 bits per heavy atom. The van der Waals surface area contributed by atoms with Crippen LogP contribution in [0.5, 0.6) is 0 Å². The third-order valence-corrected chi connectivity index (χ3v) is 4.21. The molecular weight excluding hydrogens is 300 g/mol. The summed E-state index contributed by atoms with van der Waals surface area (Å²) in [6.07, 6.45) is 8.35. The minimum atomic E-state index is 0.901. The highest BCUT2D eigenvalue weighted by atomic mass is 15.1. The molecule has 122 valence electrons. The molecule has 0 bridgehead atoms. The molecule has 0 atom stereocenters. The second-order valence-electron chi connectivity index (χ2n) is 6.23. The second-order valence-corrected chi connectivity index (χ2v) is 6.23. The van der Waals surface area contributed by atoms with E-state index in [0.717, 1.165) is 58.0 Å². The average Bonchev–Trinajstić information content (AvgIpc) is 2.96. The summed E-state index contributed by atoms with van der Waals surface area (Å²) in [5.74, 6) is 0. The maximum Gasteiger partial charge on any atom is 0.0988 e. The van der Waals surface area contributed by atoms with E-state index in [1.54, 1.807) is 6.20 Å². The van der Waals surface area contributed by atoms with E-state index in [4.69, 9.17) is 4.98 Å². The lowest BCUT2D eigenvalue weighted by atomic mass is 10.1. The van der Waals surface area contributed by atoms with Crippen LogP contribution in [0.1, 0.15) is 6.42 Å². The summed E-state index contributed by atoms with van der Waals surface area (Å²) in [7, 11) is 4.19. The summed E-state index contributed by atoms with van der Waals surface area (Å²) in [4.78, 5) is 18.9. The summed E-state index contributed by atoms with van der Waals surface area (Å²) in [5, 5.41) is 5.77. The van der Waals surface area contributed by atoms with E-state index in [0.29, 0.717) is 0 Å². The van der Waals surface area contributed by atoms with E-state index in [9.17, 15) is 0 Å². The first-order valence-electron chi connectivity index (χ1n) is 8.12. The van der Waals surface area contributed by atoms with Crippen LogP contribution >= 0.6 is 0 Å². The number of pyridine rings is 3. The molecule has 4 rings (SSSR count). The standard InChI is InChI=1S/C18H20N6/c1-24(2)9-3-6-21-16-12-4-7-19-10-14(12)22-17-13-5-8-20-11-15(13)23-18(16)17/h4-5,7-8,10-11,23H,3,6,9H2,1-2H3,(H,21,22). The molecule has 0 spiro atoms. The highest BCUT2D eigenvalue weighted by Crippen LogP contribution is 2.33. The normalized spacial score (nSPS) is 11.8. The molecule has 0 aliphatic rings. The van der Waals surface area contributed by atoms with E-state index in [2.05, 4.69) is 39.3 Å². The van der Waals surface area contributed by atoms with Gasteiger partial charge in [-0.15, -0.1) is 0 Å². The highest BCUT2D eigenvalue weighted by molar-refractivity contribution is 6.15. The van der Waals surface area contributed by atoms with E-state index < -0.39 is 0 Å². The van der Waals surface area contributed by atoms with Crippen LogP contribution in [0.4, 0.5) is 5.69 Å². The summed E-state index contributed by atoms with van der Waals surface area (Å²) in [6, 6.07) is 4.01. The molecule has 0 unspecified atom stereocenters. The molecule has 4 heterocycles. The van der Waals surface area contributed by atoms with Crippen molar-refractivity contribution >= 4 is 38.5 Å². The minimum Gasteiger partial charge on any atom is -0.383 e. The Kier molecular flexibility index (Phi) is 3.74. The van der Waals surface area contributed by atoms with Crippen LogP contribution in [0.2, 0.25) is 0 Å². The zero-order chi connectivity index (χ0) is 16.5. The molecule has 4 aromatic heterocycles. The van der Waals surface area contributed by atoms with E-state index >= 15 is 0 Å². The number of hydrogen-bond donors (Lipinski definition) is 2. The number of H-pyrrole nitrogens is 1. The Morgan fingerprint density at radius 2 is 1.88 bits per heavy atom. The van der Waals surface area contributed by atoms with Crippen molar-refractivity contribution in [2.45, 2.75) is 6.42 Å². The Morgan fingerprint density at radius 3 is 2.71 bits per heavy atom. The van der Waals surface area contributed by atoms with E-state index in [1.807, 2.05) is 30.7 Å². The number of anilines is 1. The second kappa shape index (κ2) is 6.05. The first kappa shape index (κ1) is 14.8. The van der Waals surface area contributed by atoms with Crippen LogP contribution in [0.25, 0.3) is 32.8 Å². The molecule has 0 aromatic carbocycles. The molecule has 0 fully saturated rings. The van der Waals surface area contributed by atoms with Crippen molar-refractivity contribution in [1.29, 1.82) is 0 Å². The number of fused-ring (bicyclic) bond motifs is 4. The highest BCUT2D eigenvalue weighted by Gasteiger charge is 2.13. The molecule has 2 N–H and O–H groups in total. The number of nitrogens with one attached hydrogen (secondary N) is 2. The Bertz CT molecular complexity index is 1000. The monoisotopic (exact) mass is 320 g/mol. The molecule has 0 radical (unpaired) electrons. The fourth-order valence-electron chi connectivity index (χ4n) is 3.06. The van der Waals surface area contributed by atoms with Gasteiger partial charge in [-0.2, -0.15) is 0 Å². The van der Waals surface area contributed by atoms with Crippen LogP contribution in [0.15, 0.2) is 36.9 Å². The van der Waals surface area contributed by atoms with Crippen molar-refractivity contribution in [2.75, 3.05) is 32.5 Å². The Balaban J connectivity index is 1.86. The van der Waals surface area contributed by atoms with Gasteiger partial charge in [0.15, 0.2) is 0 Å². The number of aromatic amines is 1. The Labute approximate surface area is 139 Å². The van der Waals surface area contributed by atoms with E-state index in [1.165, 1.54) is 0 Å². The molecule has 24 heavy (non-hydrogen) atoms. The van der Waals surface area contributed by atoms with Gasteiger partial charge in [0.1, 0.15) is 0 Å². The third kappa shape index (κ3) is 2.55. The summed E-state index contributed by atoms with van der Waals surface area (Å²) < 4.78 is 0. The molecule has 6 nitrogen and oxygen atoms in total. The van der Waals surface area contributed by atoms with Crippen LogP contribution in [0.3, 0.4) is 0 Å². The topological polar surface area (TPSA) is 69.7 Å². The summed E-state index contributed by atoms with van der Waals surface area (Å²) >= 11 is 0. The fourth-order valence-corrected chi connectivity index (χ4v) is 3.06. The predicted octanol–water partition coefficient (Wildman–Crippen LogP) is 3.02. The largest absolute Gasteiger partial charge is 0.383 e. The van der Waals surface area contributed by atoms with Gasteiger partial charge >= 0.3 is 0 Å². The van der Waals surface area contributed by atoms with Crippen LogP contribution < -0.4 is 5.32 Å². The van der Waals surface area contributed by atoms with Crippen molar-refractivity contribution in [3.05, 3.63) is 36.9 Å². The predicted molar refractivity (Wildman–Crippen MR) is 98.4 cm³/mol. The molecule has 0 amide bonds. The first-order valence-corrected chi connectivity index (χ1v) is 8.12. The fraction of sp³-hybridized carbons (Fsp3) is 0.278. The zero-order valence-corrected chi connectivity index (χ0v) is 13.9. The number of nitrogens with zero attached hydrogens (tertiary/aromatic N) is 4. The maximum atomic E-state index is 4.81. The van der Waals surface area contributed by atoms with Gasteiger partial charge in [-0.05, 0) is 39.2 Å². The molecule has 4 aromatic rings. The number of hydrogen-bond acceptors (Lipinski definition) is 5. The van der Waals surface area contributed by atoms with Crippen molar-refractivity contribution in [1.82, 2.24) is 24.8 Å². The summed E-state index contributed by atoms with van der Waals surface area (Å²) in [6.45, 7) is 1.96. The van der Waals surface area contributed by atoms with Gasteiger partial charge < -0.3 is 15.2 Å². The van der Waals surface area contributed by atoms with Gasteiger partial charge in [0, 0.05) is 29.7 Å². The lowest BCUT2D eigenvalue weighted by molar-refractivity contribution is 0.405. The maximum absolute atomic E-state index is 4.81. The van der Waals surface area contributed by atoms with Crippen LogP contribution in [-0.4, -0.2) is 52.0 Å². The molecule has 0 saturated heterocycles. The molecular formula is C18H20N6. The zero-order valence-electron chi connectivity index (χ0n) is 13.9. The van der Waals surface area contributed by atoms with Gasteiger partial charge in [-0.3, -0.25) is 9.97 Å². The SMILES string of the molecule is CN(C)CCCNc1c2ccncc2nc2c1[nH]c1cnccc12. The van der Waals surface area contributed by atoms with Gasteiger partial charge in [0.2, 0.25) is 0 Å². The van der Waals surface area contributed by atoms with Crippen molar-refractivity contribution in [2.24, 2.45) is 0 Å². The first-order chi connectivity index (χ1) is 11.7. The van der Waals surface area contributed by atoms with Crippen molar-refractivity contribution in [3.63, 3.8) is 0 Å². The quantitative estimate of drug-likeness (QED) is 0.553. The number of rotatable bonds is 5. The van der Waals surface area contributed by atoms with Gasteiger partial charge in [0.05, 0.1) is 40.1 Å². The number of aromatic nitrogens is 4. The summed E-state index contributed by atoms with van der Waals surface area (Å²) in [5.41, 5.74) is 4.98. The lowest BCUT2D eigenvalue weighted by Crippen LogP contribution is -2.16. The smallest absolute Gasteiger partial charge is 0.0988 e. The lowest BCUT2D eigenvalue weighted by Gasteiger charge is -2.13. The van der Waals surface area contributed by atoms with Crippen LogP contribution in [-0.2, 0) is 0 Å². The van der Waals surface area contributed by atoms with E-state index in [-0.39, 0.29) is 0 Å². The molecule has 0 aliphatic carbocycles.